The van der Waals surface area contributed by atoms with Gasteiger partial charge in [0.25, 0.3) is 5.91 Å². The number of likely N-dealkylation sites (tertiary alicyclic amines) is 1. The number of H-pyrrole nitrogens is 1. The summed E-state index contributed by atoms with van der Waals surface area (Å²) in [6, 6.07) is 9.05. The van der Waals surface area contributed by atoms with Gasteiger partial charge >= 0.3 is 0 Å². The highest BCUT2D eigenvalue weighted by molar-refractivity contribution is 5.97. The standard InChI is InChI=1S/C22H26N4O2/c1-4-26-15(3)24-20-11-16(7-8-21(20)26)22(28)25-9-5-6-17(13-25)19-12-18(27)10-14(2)23-19/h7-8,10-12,17H,4-6,9,13H2,1-3H3,(H,23,27)/t17-/m0/s1. The molecule has 6 nitrogen and oxygen atoms in total. The lowest BCUT2D eigenvalue weighted by atomic mass is 9.93. The van der Waals surface area contributed by atoms with Crippen LogP contribution in [0.4, 0.5) is 0 Å². The second-order valence-corrected chi connectivity index (χ2v) is 7.65. The Bertz CT molecular complexity index is 1100. The van der Waals surface area contributed by atoms with Crippen molar-refractivity contribution in [3.63, 3.8) is 0 Å². The van der Waals surface area contributed by atoms with Crippen LogP contribution in [0, 0.1) is 13.8 Å². The van der Waals surface area contributed by atoms with Crippen LogP contribution in [0.3, 0.4) is 0 Å². The number of rotatable bonds is 3. The highest BCUT2D eigenvalue weighted by Gasteiger charge is 2.26. The van der Waals surface area contributed by atoms with Crippen molar-refractivity contribution in [2.75, 3.05) is 13.1 Å². The highest BCUT2D eigenvalue weighted by atomic mass is 16.2. The van der Waals surface area contributed by atoms with E-state index in [0.29, 0.717) is 12.1 Å². The van der Waals surface area contributed by atoms with E-state index in [1.165, 1.54) is 0 Å². The summed E-state index contributed by atoms with van der Waals surface area (Å²) in [6.07, 6.45) is 1.90. The Kier molecular flexibility index (Phi) is 4.79. The molecule has 0 aliphatic carbocycles. The topological polar surface area (TPSA) is 71.0 Å². The second-order valence-electron chi connectivity index (χ2n) is 7.65. The molecule has 1 aromatic carbocycles. The van der Waals surface area contributed by atoms with Crippen molar-refractivity contribution in [1.29, 1.82) is 0 Å². The van der Waals surface area contributed by atoms with Gasteiger partial charge in [-0.05, 0) is 51.8 Å². The van der Waals surface area contributed by atoms with Crippen molar-refractivity contribution >= 4 is 16.9 Å². The number of amides is 1. The molecule has 1 aliphatic heterocycles. The lowest BCUT2D eigenvalue weighted by Crippen LogP contribution is -2.39. The van der Waals surface area contributed by atoms with E-state index in [-0.39, 0.29) is 17.3 Å². The zero-order chi connectivity index (χ0) is 19.8. The molecule has 4 rings (SSSR count). The number of aromatic nitrogens is 3. The number of imidazole rings is 1. The Labute approximate surface area is 164 Å². The Morgan fingerprint density at radius 2 is 2.07 bits per heavy atom. The summed E-state index contributed by atoms with van der Waals surface area (Å²) in [5.41, 5.74) is 4.40. The van der Waals surface area contributed by atoms with Gasteiger partial charge in [-0.3, -0.25) is 9.59 Å². The predicted octanol–water partition coefficient (Wildman–Crippen LogP) is 3.38. The third kappa shape index (κ3) is 3.35. The van der Waals surface area contributed by atoms with E-state index in [1.807, 2.05) is 36.9 Å². The number of nitrogens with zero attached hydrogens (tertiary/aromatic N) is 3. The van der Waals surface area contributed by atoms with Crippen LogP contribution in [0.5, 0.6) is 0 Å². The van der Waals surface area contributed by atoms with Crippen LogP contribution in [-0.4, -0.2) is 38.4 Å². The molecule has 1 saturated heterocycles. The number of aryl methyl sites for hydroxylation is 3. The molecule has 0 spiro atoms. The second kappa shape index (κ2) is 7.26. The van der Waals surface area contributed by atoms with Crippen LogP contribution in [0.15, 0.2) is 35.1 Å². The van der Waals surface area contributed by atoms with Crippen LogP contribution < -0.4 is 5.43 Å². The van der Waals surface area contributed by atoms with Crippen LogP contribution >= 0.6 is 0 Å². The zero-order valence-electron chi connectivity index (χ0n) is 16.7. The number of fused-ring (bicyclic) bond motifs is 1. The molecular formula is C22H26N4O2. The minimum Gasteiger partial charge on any atom is -0.362 e. The largest absolute Gasteiger partial charge is 0.362 e. The number of carbonyl (C=O) groups excluding carboxylic acids is 1. The fourth-order valence-corrected chi connectivity index (χ4v) is 4.31. The summed E-state index contributed by atoms with van der Waals surface area (Å²) < 4.78 is 2.15. The Hall–Kier alpha value is -2.89. The summed E-state index contributed by atoms with van der Waals surface area (Å²) in [7, 11) is 0. The van der Waals surface area contributed by atoms with E-state index in [0.717, 1.165) is 54.2 Å². The predicted molar refractivity (Wildman–Crippen MR) is 110 cm³/mol. The smallest absolute Gasteiger partial charge is 0.253 e. The first-order chi connectivity index (χ1) is 13.5. The van der Waals surface area contributed by atoms with Gasteiger partial charge in [0.05, 0.1) is 11.0 Å². The summed E-state index contributed by atoms with van der Waals surface area (Å²) >= 11 is 0. The van der Waals surface area contributed by atoms with Gasteiger partial charge < -0.3 is 14.5 Å². The average molecular weight is 378 g/mol. The molecule has 1 N–H and O–H groups in total. The van der Waals surface area contributed by atoms with E-state index in [9.17, 15) is 9.59 Å². The minimum absolute atomic E-state index is 0.0158. The maximum atomic E-state index is 13.1. The third-order valence-electron chi connectivity index (χ3n) is 5.65. The minimum atomic E-state index is 0.0158. The molecule has 0 unspecified atom stereocenters. The van der Waals surface area contributed by atoms with Gasteiger partial charge in [0.15, 0.2) is 5.43 Å². The van der Waals surface area contributed by atoms with Crippen molar-refractivity contribution in [2.24, 2.45) is 0 Å². The van der Waals surface area contributed by atoms with E-state index in [1.54, 1.807) is 12.1 Å². The lowest BCUT2D eigenvalue weighted by Gasteiger charge is -2.33. The molecule has 0 bridgehead atoms. The van der Waals surface area contributed by atoms with Crippen molar-refractivity contribution < 1.29 is 4.79 Å². The van der Waals surface area contributed by atoms with Gasteiger partial charge in [-0.1, -0.05) is 0 Å². The van der Waals surface area contributed by atoms with Crippen molar-refractivity contribution in [1.82, 2.24) is 19.4 Å². The van der Waals surface area contributed by atoms with Crippen LogP contribution in [0.1, 0.15) is 53.3 Å². The van der Waals surface area contributed by atoms with E-state index < -0.39 is 0 Å². The van der Waals surface area contributed by atoms with Crippen molar-refractivity contribution in [2.45, 2.75) is 46.1 Å². The normalized spacial score (nSPS) is 17.2. The fraction of sp³-hybridized carbons (Fsp3) is 0.409. The maximum Gasteiger partial charge on any atom is 0.253 e. The zero-order valence-corrected chi connectivity index (χ0v) is 16.7. The molecule has 1 atom stereocenters. The van der Waals surface area contributed by atoms with Crippen LogP contribution in [-0.2, 0) is 6.54 Å². The molecule has 146 valence electrons. The summed E-state index contributed by atoms with van der Waals surface area (Å²) in [5, 5.41) is 0. The quantitative estimate of drug-likeness (QED) is 0.759. The number of carbonyl (C=O) groups is 1. The van der Waals surface area contributed by atoms with E-state index >= 15 is 0 Å². The van der Waals surface area contributed by atoms with Gasteiger partial charge in [0.1, 0.15) is 5.82 Å². The van der Waals surface area contributed by atoms with Crippen LogP contribution in [0.25, 0.3) is 11.0 Å². The molecule has 0 radical (unpaired) electrons. The monoisotopic (exact) mass is 378 g/mol. The van der Waals surface area contributed by atoms with Crippen molar-refractivity contribution in [3.05, 3.63) is 63.3 Å². The average Bonchev–Trinajstić information content (AvgIpc) is 3.00. The van der Waals surface area contributed by atoms with Crippen LogP contribution in [0.2, 0.25) is 0 Å². The Morgan fingerprint density at radius 1 is 1.25 bits per heavy atom. The summed E-state index contributed by atoms with van der Waals surface area (Å²) in [5.74, 6) is 1.16. The number of aromatic amines is 1. The number of benzene rings is 1. The summed E-state index contributed by atoms with van der Waals surface area (Å²) in [6.45, 7) is 8.20. The van der Waals surface area contributed by atoms with Crippen molar-refractivity contribution in [3.8, 4) is 0 Å². The molecule has 3 heterocycles. The molecule has 3 aromatic rings. The fourth-order valence-electron chi connectivity index (χ4n) is 4.31. The number of pyridine rings is 1. The van der Waals surface area contributed by atoms with Gasteiger partial charge in [-0.25, -0.2) is 4.98 Å². The Balaban J connectivity index is 1.59. The number of piperidine rings is 1. The first-order valence-electron chi connectivity index (χ1n) is 9.93. The number of nitrogens with one attached hydrogen (secondary N) is 1. The van der Waals surface area contributed by atoms with E-state index in [4.69, 9.17) is 0 Å². The Morgan fingerprint density at radius 3 is 2.82 bits per heavy atom. The summed E-state index contributed by atoms with van der Waals surface area (Å²) in [4.78, 5) is 34.8. The molecule has 28 heavy (non-hydrogen) atoms. The van der Waals surface area contributed by atoms with Gasteiger partial charge in [0.2, 0.25) is 0 Å². The van der Waals surface area contributed by atoms with E-state index in [2.05, 4.69) is 21.5 Å². The molecule has 2 aromatic heterocycles. The number of hydrogen-bond acceptors (Lipinski definition) is 3. The third-order valence-corrected chi connectivity index (χ3v) is 5.65. The van der Waals surface area contributed by atoms with Gasteiger partial charge in [-0.2, -0.15) is 0 Å². The first-order valence-corrected chi connectivity index (χ1v) is 9.93. The lowest BCUT2D eigenvalue weighted by molar-refractivity contribution is 0.0706. The first kappa shape index (κ1) is 18.5. The molecule has 0 saturated carbocycles. The molecule has 6 heteroatoms. The SMILES string of the molecule is CCn1c(C)nc2cc(C(=O)N3CCC[C@H](c4cc(=O)cc(C)[nH]4)C3)ccc21. The highest BCUT2D eigenvalue weighted by Crippen LogP contribution is 2.27. The molecule has 1 fully saturated rings. The molecule has 1 amide bonds. The molecule has 1 aliphatic rings. The number of hydrogen-bond donors (Lipinski definition) is 1. The van der Waals surface area contributed by atoms with Gasteiger partial charge in [-0.15, -0.1) is 0 Å². The molecular weight excluding hydrogens is 352 g/mol. The maximum absolute atomic E-state index is 13.1. The van der Waals surface area contributed by atoms with Gasteiger partial charge in [0, 0.05) is 54.6 Å².